The summed E-state index contributed by atoms with van der Waals surface area (Å²) in [5.74, 6) is 0. The molecule has 0 saturated carbocycles. The number of fused-ring (bicyclic) bond motifs is 14. The highest BCUT2D eigenvalue weighted by molar-refractivity contribution is 7.26. The predicted molar refractivity (Wildman–Crippen MR) is 239 cm³/mol. The molecule has 0 fully saturated rings. The zero-order valence-corrected chi connectivity index (χ0v) is 31.7. The van der Waals surface area contributed by atoms with Crippen LogP contribution < -0.4 is 0 Å². The number of benzene rings is 7. The number of pyridine rings is 2. The van der Waals surface area contributed by atoms with Crippen molar-refractivity contribution in [1.82, 2.24) is 9.97 Å². The third kappa shape index (κ3) is 4.86. The van der Waals surface area contributed by atoms with Crippen LogP contribution in [0.4, 0.5) is 0 Å². The normalized spacial score (nSPS) is 11.9. The van der Waals surface area contributed by atoms with Crippen molar-refractivity contribution in [2.24, 2.45) is 0 Å². The molecule has 4 aromatic heterocycles. The van der Waals surface area contributed by atoms with E-state index in [0.717, 1.165) is 0 Å². The second-order valence-electron chi connectivity index (χ2n) is 14.5. The van der Waals surface area contributed by atoms with Gasteiger partial charge in [0.1, 0.15) is 0 Å². The number of hydrogen-bond acceptors (Lipinski definition) is 4. The van der Waals surface area contributed by atoms with Crippen LogP contribution in [0.3, 0.4) is 0 Å². The minimum absolute atomic E-state index is 1.18. The van der Waals surface area contributed by atoms with Gasteiger partial charge in [-0.05, 0) is 132 Å². The summed E-state index contributed by atoms with van der Waals surface area (Å²) in [5.41, 5.74) is 17.1. The summed E-state index contributed by atoms with van der Waals surface area (Å²) in [6.07, 6.45) is 7.78. The first-order valence-electron chi connectivity index (χ1n) is 18.9. The number of rotatable bonds is 3. The number of nitrogens with zero attached hydrogens (tertiary/aromatic N) is 2. The average Bonchev–Trinajstić information content (AvgIpc) is 3.83. The lowest BCUT2D eigenvalue weighted by Crippen LogP contribution is -1.99. The largest absolute Gasteiger partial charge is 0.264 e. The van der Waals surface area contributed by atoms with E-state index in [9.17, 15) is 0 Å². The van der Waals surface area contributed by atoms with Gasteiger partial charge in [-0.3, -0.25) is 9.97 Å². The molecular formula is C52H30N2S2. The van der Waals surface area contributed by atoms with E-state index in [1.807, 2.05) is 47.5 Å². The third-order valence-corrected chi connectivity index (χ3v) is 13.7. The highest BCUT2D eigenvalue weighted by Crippen LogP contribution is 2.51. The Morgan fingerprint density at radius 2 is 0.696 bits per heavy atom. The van der Waals surface area contributed by atoms with Gasteiger partial charge < -0.3 is 0 Å². The van der Waals surface area contributed by atoms with Gasteiger partial charge in [0.05, 0.1) is 0 Å². The van der Waals surface area contributed by atoms with Crippen LogP contribution in [0.25, 0.3) is 118 Å². The molecule has 0 aliphatic heterocycles. The Morgan fingerprint density at radius 1 is 0.286 bits per heavy atom. The lowest BCUT2D eigenvalue weighted by atomic mass is 9.78. The quantitative estimate of drug-likeness (QED) is 0.180. The molecule has 56 heavy (non-hydrogen) atoms. The molecular weight excluding hydrogens is 717 g/mol. The molecule has 11 aromatic rings. The van der Waals surface area contributed by atoms with Crippen LogP contribution in [0, 0.1) is 0 Å². The number of aromatic nitrogens is 2. The molecule has 4 heterocycles. The van der Waals surface area contributed by atoms with Crippen molar-refractivity contribution in [1.29, 1.82) is 0 Å². The van der Waals surface area contributed by atoms with E-state index >= 15 is 0 Å². The number of thiophene rings is 2. The summed E-state index contributed by atoms with van der Waals surface area (Å²) in [6, 6.07) is 58.8. The summed E-state index contributed by atoms with van der Waals surface area (Å²) in [7, 11) is 0. The molecule has 2 nitrogen and oxygen atoms in total. The van der Waals surface area contributed by atoms with Gasteiger partial charge in [0.2, 0.25) is 0 Å². The van der Waals surface area contributed by atoms with Crippen molar-refractivity contribution < 1.29 is 0 Å². The maximum Gasteiger partial charge on any atom is 0.0386 e. The minimum atomic E-state index is 1.18. The predicted octanol–water partition coefficient (Wildman–Crippen LogP) is 15.2. The maximum atomic E-state index is 4.49. The first-order chi connectivity index (χ1) is 27.7. The van der Waals surface area contributed by atoms with E-state index in [0.29, 0.717) is 0 Å². The Kier molecular flexibility index (Phi) is 7.00. The van der Waals surface area contributed by atoms with Crippen molar-refractivity contribution >= 4 is 63.0 Å². The highest BCUT2D eigenvalue weighted by Gasteiger charge is 2.24. The van der Waals surface area contributed by atoms with E-state index in [1.165, 1.54) is 118 Å². The van der Waals surface area contributed by atoms with Gasteiger partial charge in [-0.15, -0.1) is 22.7 Å². The Labute approximate surface area is 331 Å². The van der Waals surface area contributed by atoms with E-state index in [-0.39, 0.29) is 0 Å². The van der Waals surface area contributed by atoms with Crippen molar-refractivity contribution in [2.45, 2.75) is 0 Å². The second-order valence-corrected chi connectivity index (χ2v) is 16.7. The van der Waals surface area contributed by atoms with Gasteiger partial charge in [0, 0.05) is 65.1 Å². The lowest BCUT2D eigenvalue weighted by molar-refractivity contribution is 1.37. The molecule has 0 bridgehead atoms. The molecule has 1 aliphatic carbocycles. The second kappa shape index (κ2) is 12.4. The summed E-state index contributed by atoms with van der Waals surface area (Å²) in [4.78, 5) is 8.99. The summed E-state index contributed by atoms with van der Waals surface area (Å²) < 4.78 is 5.07. The molecule has 0 atom stereocenters. The molecule has 7 aromatic carbocycles. The monoisotopic (exact) mass is 746 g/mol. The minimum Gasteiger partial charge on any atom is -0.264 e. The molecule has 260 valence electrons. The first kappa shape index (κ1) is 31.6. The van der Waals surface area contributed by atoms with E-state index < -0.39 is 0 Å². The fraction of sp³-hybridized carbons (Fsp3) is 0. The zero-order chi connectivity index (χ0) is 36.7. The van der Waals surface area contributed by atoms with Crippen LogP contribution >= 0.6 is 22.7 Å². The molecule has 0 spiro atoms. The summed E-state index contributed by atoms with van der Waals surface area (Å²) in [6.45, 7) is 0. The van der Waals surface area contributed by atoms with Gasteiger partial charge in [0.25, 0.3) is 0 Å². The Hall–Kier alpha value is -6.72. The topological polar surface area (TPSA) is 25.8 Å². The highest BCUT2D eigenvalue weighted by atomic mass is 32.1. The van der Waals surface area contributed by atoms with E-state index in [2.05, 4.69) is 168 Å². The van der Waals surface area contributed by atoms with E-state index in [4.69, 9.17) is 0 Å². The van der Waals surface area contributed by atoms with Gasteiger partial charge in [-0.1, -0.05) is 103 Å². The molecule has 0 saturated heterocycles. The standard InChI is InChI=1S/C52H30N2S2/c1-2-9-38-37(8-1)39-10-3-4-11-41(39)43-15-7-14-36(52(43)42-13-6-5-12-40(38)42)35-25-33(31-16-18-48-44(27-31)46-29-53-22-20-50(46)55-48)24-34(26-35)32-17-19-49-45(28-32)47-30-54-23-21-51(47)56-49/h1-30H. The molecule has 4 heteroatoms. The first-order valence-corrected chi connectivity index (χ1v) is 20.5. The molecule has 0 amide bonds. The average molecular weight is 747 g/mol. The van der Waals surface area contributed by atoms with Crippen LogP contribution in [0.15, 0.2) is 183 Å². The zero-order valence-electron chi connectivity index (χ0n) is 30.0. The van der Waals surface area contributed by atoms with Gasteiger partial charge >= 0.3 is 0 Å². The number of hydrogen-bond donors (Lipinski definition) is 0. The molecule has 0 unspecified atom stereocenters. The molecule has 0 radical (unpaired) electrons. The van der Waals surface area contributed by atoms with Crippen LogP contribution in [0.2, 0.25) is 0 Å². The summed E-state index contributed by atoms with van der Waals surface area (Å²) in [5, 5.41) is 4.90. The fourth-order valence-corrected chi connectivity index (χ4v) is 11.0. The molecule has 1 aliphatic rings. The van der Waals surface area contributed by atoms with Crippen molar-refractivity contribution in [3.05, 3.63) is 183 Å². The Morgan fingerprint density at radius 3 is 1.23 bits per heavy atom. The van der Waals surface area contributed by atoms with Crippen molar-refractivity contribution in [2.75, 3.05) is 0 Å². The Balaban J connectivity index is 1.15. The van der Waals surface area contributed by atoms with Gasteiger partial charge in [-0.2, -0.15) is 0 Å². The van der Waals surface area contributed by atoms with Crippen LogP contribution in [0.5, 0.6) is 0 Å². The Bertz CT molecular complexity index is 3250. The van der Waals surface area contributed by atoms with Crippen LogP contribution in [-0.4, -0.2) is 9.97 Å². The van der Waals surface area contributed by atoms with Crippen LogP contribution in [0.1, 0.15) is 0 Å². The van der Waals surface area contributed by atoms with Gasteiger partial charge in [0.15, 0.2) is 0 Å². The maximum absolute atomic E-state index is 4.49. The van der Waals surface area contributed by atoms with Crippen LogP contribution in [-0.2, 0) is 0 Å². The smallest absolute Gasteiger partial charge is 0.0386 e. The third-order valence-electron chi connectivity index (χ3n) is 11.4. The molecule has 0 N–H and O–H groups in total. The van der Waals surface area contributed by atoms with E-state index in [1.54, 1.807) is 0 Å². The van der Waals surface area contributed by atoms with Crippen molar-refractivity contribution in [3.8, 4) is 77.9 Å². The summed E-state index contributed by atoms with van der Waals surface area (Å²) >= 11 is 3.65. The molecule has 12 rings (SSSR count). The van der Waals surface area contributed by atoms with Gasteiger partial charge in [-0.25, -0.2) is 0 Å². The lowest BCUT2D eigenvalue weighted by Gasteiger charge is -2.25. The fourth-order valence-electron chi connectivity index (χ4n) is 8.87. The van der Waals surface area contributed by atoms with Crippen molar-refractivity contribution in [3.63, 3.8) is 0 Å². The SMILES string of the molecule is c1ccc2c(c1)-c1ccccc1-c1cccc(-c3cc(-c4ccc5sc6ccncc6c5c4)cc(-c4ccc5sc6ccncc6c5c4)c3)c1-c1ccccc1-2.